The van der Waals surface area contributed by atoms with Crippen molar-refractivity contribution in [1.82, 2.24) is 10.4 Å². The highest BCUT2D eigenvalue weighted by atomic mass is 32.2. The van der Waals surface area contributed by atoms with Gasteiger partial charge in [-0.2, -0.15) is 0 Å². The molecule has 0 aromatic heterocycles. The van der Waals surface area contributed by atoms with Crippen LogP contribution in [-0.2, 0) is 10.8 Å². The molecule has 0 saturated carbocycles. The van der Waals surface area contributed by atoms with Crippen LogP contribution in [0, 0.1) is 6.92 Å². The molecule has 3 aliphatic rings. The lowest BCUT2D eigenvalue weighted by molar-refractivity contribution is 0.251. The van der Waals surface area contributed by atoms with E-state index in [0.29, 0.717) is 0 Å². The van der Waals surface area contributed by atoms with Gasteiger partial charge in [-0.3, -0.25) is 4.21 Å². The van der Waals surface area contributed by atoms with Gasteiger partial charge in [0.15, 0.2) is 0 Å². The van der Waals surface area contributed by atoms with Crippen LogP contribution >= 0.6 is 0 Å². The monoisotopic (exact) mass is 312 g/mol. The van der Waals surface area contributed by atoms with Crippen LogP contribution in [0.4, 0.5) is 0 Å². The van der Waals surface area contributed by atoms with Crippen molar-refractivity contribution >= 4 is 10.8 Å². The molecule has 0 amide bonds. The van der Waals surface area contributed by atoms with E-state index < -0.39 is 10.8 Å². The number of hydrogen-bond donors (Lipinski definition) is 1. The van der Waals surface area contributed by atoms with Gasteiger partial charge < -0.3 is 5.43 Å². The number of benzene rings is 1. The standard InChI is InChI=1S/C18H20N2OS/c1-12-3-5-13(6-4-12)17-11-15-16(22(17)21)8-7-14-9-10-20(2)19-18(14)15/h3-6,8,11,17,19H,7,9-10H2,1-2H3. The second-order valence-electron chi connectivity index (χ2n) is 6.24. The van der Waals surface area contributed by atoms with Gasteiger partial charge in [0.1, 0.15) is 0 Å². The lowest BCUT2D eigenvalue weighted by Gasteiger charge is -2.32. The Labute approximate surface area is 133 Å². The van der Waals surface area contributed by atoms with E-state index in [-0.39, 0.29) is 5.25 Å². The molecule has 1 aliphatic carbocycles. The topological polar surface area (TPSA) is 32.3 Å². The van der Waals surface area contributed by atoms with Crippen molar-refractivity contribution in [3.05, 3.63) is 69.3 Å². The molecular weight excluding hydrogens is 292 g/mol. The maximum absolute atomic E-state index is 12.9. The predicted octanol–water partition coefficient (Wildman–Crippen LogP) is 3.11. The summed E-state index contributed by atoms with van der Waals surface area (Å²) in [6, 6.07) is 8.39. The van der Waals surface area contributed by atoms with Crippen LogP contribution in [0.1, 0.15) is 29.2 Å². The van der Waals surface area contributed by atoms with Crippen LogP contribution in [0.15, 0.2) is 58.2 Å². The Kier molecular flexibility index (Phi) is 3.31. The third-order valence-electron chi connectivity index (χ3n) is 4.65. The van der Waals surface area contributed by atoms with Gasteiger partial charge in [-0.05, 0) is 30.9 Å². The van der Waals surface area contributed by atoms with Gasteiger partial charge in [0.2, 0.25) is 0 Å². The van der Waals surface area contributed by atoms with Gasteiger partial charge in [-0.1, -0.05) is 42.0 Å². The van der Waals surface area contributed by atoms with E-state index in [1.54, 1.807) is 0 Å². The fraction of sp³-hybridized carbons (Fsp3) is 0.333. The van der Waals surface area contributed by atoms with E-state index in [2.05, 4.69) is 60.8 Å². The molecule has 0 bridgehead atoms. The van der Waals surface area contributed by atoms with E-state index in [9.17, 15) is 4.21 Å². The third-order valence-corrected chi connectivity index (χ3v) is 6.33. The highest BCUT2D eigenvalue weighted by Crippen LogP contribution is 2.44. The van der Waals surface area contributed by atoms with Crippen LogP contribution in [0.5, 0.6) is 0 Å². The Morgan fingerprint density at radius 1 is 1.27 bits per heavy atom. The Hall–Kier alpha value is -1.65. The number of hydrazine groups is 1. The average Bonchev–Trinajstić information content (AvgIpc) is 2.86. The second kappa shape index (κ2) is 5.21. The van der Waals surface area contributed by atoms with Crippen molar-refractivity contribution in [2.75, 3.05) is 13.6 Å². The van der Waals surface area contributed by atoms with Gasteiger partial charge in [-0.15, -0.1) is 0 Å². The highest BCUT2D eigenvalue weighted by molar-refractivity contribution is 7.90. The predicted molar refractivity (Wildman–Crippen MR) is 90.3 cm³/mol. The molecule has 3 nitrogen and oxygen atoms in total. The van der Waals surface area contributed by atoms with Gasteiger partial charge >= 0.3 is 0 Å². The number of aryl methyl sites for hydroxylation is 1. The fourth-order valence-electron chi connectivity index (χ4n) is 3.34. The summed E-state index contributed by atoms with van der Waals surface area (Å²) in [5.41, 5.74) is 9.61. The van der Waals surface area contributed by atoms with Crippen molar-refractivity contribution in [3.63, 3.8) is 0 Å². The minimum Gasteiger partial charge on any atom is -0.319 e. The van der Waals surface area contributed by atoms with Crippen molar-refractivity contribution in [3.8, 4) is 0 Å². The molecule has 2 aliphatic heterocycles. The summed E-state index contributed by atoms with van der Waals surface area (Å²) in [6.45, 7) is 3.11. The Morgan fingerprint density at radius 2 is 2.05 bits per heavy atom. The molecule has 4 rings (SSSR count). The maximum atomic E-state index is 12.9. The first-order valence-electron chi connectivity index (χ1n) is 7.73. The number of fused-ring (bicyclic) bond motifs is 2. The van der Waals surface area contributed by atoms with E-state index in [1.807, 2.05) is 0 Å². The summed E-state index contributed by atoms with van der Waals surface area (Å²) in [7, 11) is 1.08. The first kappa shape index (κ1) is 14.0. The average molecular weight is 312 g/mol. The molecule has 22 heavy (non-hydrogen) atoms. The molecule has 2 atom stereocenters. The Morgan fingerprint density at radius 3 is 2.82 bits per heavy atom. The van der Waals surface area contributed by atoms with Crippen molar-refractivity contribution in [1.29, 1.82) is 0 Å². The van der Waals surface area contributed by atoms with Gasteiger partial charge in [0.25, 0.3) is 0 Å². The summed E-state index contributed by atoms with van der Waals surface area (Å²) in [4.78, 5) is 1.01. The maximum Gasteiger partial charge on any atom is 0.0834 e. The normalized spacial score (nSPS) is 27.7. The molecule has 2 unspecified atom stereocenters. The fourth-order valence-corrected chi connectivity index (χ4v) is 4.91. The molecule has 0 saturated heterocycles. The van der Waals surface area contributed by atoms with Crippen LogP contribution in [0.3, 0.4) is 0 Å². The quantitative estimate of drug-likeness (QED) is 0.865. The Balaban J connectivity index is 1.75. The SMILES string of the molecule is Cc1ccc(C2C=C3C(=CCC4=C3NN(C)CC4)S2=O)cc1. The minimum atomic E-state index is -0.985. The molecule has 0 radical (unpaired) electrons. The van der Waals surface area contributed by atoms with E-state index >= 15 is 0 Å². The number of nitrogens with zero attached hydrogens (tertiary/aromatic N) is 1. The van der Waals surface area contributed by atoms with Crippen molar-refractivity contribution in [2.45, 2.75) is 25.0 Å². The molecular formula is C18H20N2OS. The van der Waals surface area contributed by atoms with E-state index in [0.717, 1.165) is 35.4 Å². The molecule has 0 spiro atoms. The molecule has 2 heterocycles. The first-order valence-corrected chi connectivity index (χ1v) is 8.94. The van der Waals surface area contributed by atoms with Gasteiger partial charge in [0.05, 0.1) is 21.7 Å². The van der Waals surface area contributed by atoms with Gasteiger partial charge in [0, 0.05) is 24.1 Å². The third kappa shape index (κ3) is 2.18. The van der Waals surface area contributed by atoms with Gasteiger partial charge in [-0.25, -0.2) is 5.01 Å². The van der Waals surface area contributed by atoms with Crippen LogP contribution < -0.4 is 5.43 Å². The van der Waals surface area contributed by atoms with Crippen LogP contribution in [0.25, 0.3) is 0 Å². The van der Waals surface area contributed by atoms with Crippen LogP contribution in [0.2, 0.25) is 0 Å². The summed E-state index contributed by atoms with van der Waals surface area (Å²) >= 11 is 0. The first-order chi connectivity index (χ1) is 10.6. The molecule has 1 N–H and O–H groups in total. The smallest absolute Gasteiger partial charge is 0.0834 e. The summed E-state index contributed by atoms with van der Waals surface area (Å²) in [5, 5.41) is 2.09. The van der Waals surface area contributed by atoms with Crippen LogP contribution in [-0.4, -0.2) is 22.8 Å². The minimum absolute atomic E-state index is 0.0252. The van der Waals surface area contributed by atoms with E-state index in [1.165, 1.54) is 16.8 Å². The number of nitrogens with one attached hydrogen (secondary N) is 1. The van der Waals surface area contributed by atoms with Crippen molar-refractivity contribution < 1.29 is 4.21 Å². The number of rotatable bonds is 1. The van der Waals surface area contributed by atoms with E-state index in [4.69, 9.17) is 0 Å². The molecule has 1 aromatic carbocycles. The summed E-state index contributed by atoms with van der Waals surface area (Å²) in [6.07, 6.45) is 6.37. The molecule has 114 valence electrons. The zero-order valence-electron chi connectivity index (χ0n) is 12.9. The highest BCUT2D eigenvalue weighted by Gasteiger charge is 2.35. The zero-order chi connectivity index (χ0) is 15.3. The molecule has 4 heteroatoms. The second-order valence-corrected chi connectivity index (χ2v) is 7.79. The zero-order valence-corrected chi connectivity index (χ0v) is 13.7. The molecule has 1 aromatic rings. The summed E-state index contributed by atoms with van der Waals surface area (Å²) in [5.74, 6) is 0. The van der Waals surface area contributed by atoms with Crippen molar-refractivity contribution in [2.24, 2.45) is 0 Å². The largest absolute Gasteiger partial charge is 0.319 e. The number of hydrogen-bond acceptors (Lipinski definition) is 3. The summed E-state index contributed by atoms with van der Waals surface area (Å²) < 4.78 is 12.9. The molecule has 0 fully saturated rings. The lowest BCUT2D eigenvalue weighted by Crippen LogP contribution is -2.40. The number of allylic oxidation sites excluding steroid dienone is 2. The Bertz CT molecular complexity index is 743. The lowest BCUT2D eigenvalue weighted by atomic mass is 9.93.